The van der Waals surface area contributed by atoms with Gasteiger partial charge in [-0.15, -0.1) is 5.10 Å². The second-order valence-corrected chi connectivity index (χ2v) is 8.30. The Bertz CT molecular complexity index is 1100. The molecule has 0 aliphatic carbocycles. The van der Waals surface area contributed by atoms with Crippen LogP contribution in [-0.4, -0.2) is 57.1 Å². The van der Waals surface area contributed by atoms with Gasteiger partial charge in [-0.1, -0.05) is 6.07 Å². The number of aryl methyl sites for hydroxylation is 1. The maximum atomic E-state index is 13.5. The number of benzene rings is 2. The van der Waals surface area contributed by atoms with Gasteiger partial charge in [-0.3, -0.25) is 4.90 Å². The molecule has 2 aromatic carbocycles. The second-order valence-electron chi connectivity index (χ2n) is 8.30. The van der Waals surface area contributed by atoms with Gasteiger partial charge >= 0.3 is 0 Å². The summed E-state index contributed by atoms with van der Waals surface area (Å²) in [4.78, 5) is 6.46. The molecule has 2 N–H and O–H groups in total. The van der Waals surface area contributed by atoms with Crippen molar-refractivity contribution in [2.24, 2.45) is 0 Å². The maximum absolute atomic E-state index is 13.5. The number of aromatic nitrogens is 3. The van der Waals surface area contributed by atoms with Crippen LogP contribution in [0.25, 0.3) is 5.69 Å². The molecule has 1 atom stereocenters. The van der Waals surface area contributed by atoms with Gasteiger partial charge in [0.15, 0.2) is 0 Å². The summed E-state index contributed by atoms with van der Waals surface area (Å²) in [6, 6.07) is 9.38. The third kappa shape index (κ3) is 4.04. The van der Waals surface area contributed by atoms with Crippen molar-refractivity contribution >= 4 is 11.6 Å². The zero-order valence-corrected chi connectivity index (χ0v) is 17.1. The fourth-order valence-corrected chi connectivity index (χ4v) is 4.17. The zero-order chi connectivity index (χ0) is 21.6. The maximum Gasteiger partial charge on any atom is 0.246 e. The molecule has 2 aliphatic rings. The summed E-state index contributed by atoms with van der Waals surface area (Å²) in [5.74, 6) is -1.08. The lowest BCUT2D eigenvalue weighted by Gasteiger charge is -2.35. The molecule has 3 heterocycles. The van der Waals surface area contributed by atoms with Gasteiger partial charge in [0.25, 0.3) is 0 Å². The number of hydrogen-bond acceptors (Lipinski definition) is 6. The van der Waals surface area contributed by atoms with Crippen molar-refractivity contribution < 1.29 is 18.6 Å². The van der Waals surface area contributed by atoms with Crippen LogP contribution in [0.2, 0.25) is 0 Å². The minimum atomic E-state index is -0.927. The fraction of sp³-hybridized carbons (Fsp3) is 0.364. The average molecular weight is 427 g/mol. The van der Waals surface area contributed by atoms with E-state index in [2.05, 4.69) is 20.3 Å². The first kappa shape index (κ1) is 20.0. The number of halogens is 2. The fourth-order valence-electron chi connectivity index (χ4n) is 4.17. The molecule has 9 heteroatoms. The van der Waals surface area contributed by atoms with Crippen LogP contribution in [0.3, 0.4) is 0 Å². The van der Waals surface area contributed by atoms with E-state index in [9.17, 15) is 13.9 Å². The number of rotatable bonds is 5. The molecule has 0 amide bonds. The van der Waals surface area contributed by atoms with E-state index in [1.807, 2.05) is 25.1 Å². The topological polar surface area (TPSA) is 75.4 Å². The number of β-amino-alcohol motifs (C(OH)–C–C–N with tert-alkyl or cyclic N) is 1. The SMILES string of the molecule is Cc1cc(Nc2ncn(-c3cc(F)cc(F)c3)n2)cc([C@@]2(O)CCN(C3COC3)C2)c1. The molecule has 0 unspecified atom stereocenters. The Morgan fingerprint density at radius 2 is 1.90 bits per heavy atom. The number of nitrogens with one attached hydrogen (secondary N) is 1. The minimum Gasteiger partial charge on any atom is -0.384 e. The van der Waals surface area contributed by atoms with Gasteiger partial charge in [-0.25, -0.2) is 13.5 Å². The standard InChI is InChI=1S/C22H23F2N5O2/c1-14-4-15(22(30)2-3-28(12-22)20-10-31-11-20)6-18(5-14)26-21-25-13-29(27-21)19-8-16(23)7-17(24)9-19/h4-9,13,20,30H,2-3,10-12H2,1H3,(H,26,27)/t22-/m1/s1. The molecular weight excluding hydrogens is 404 g/mol. The highest BCUT2D eigenvalue weighted by atomic mass is 19.1. The van der Waals surface area contributed by atoms with Crippen LogP contribution in [0, 0.1) is 18.6 Å². The first-order chi connectivity index (χ1) is 14.9. The number of ether oxygens (including phenoxy) is 1. The number of nitrogens with zero attached hydrogens (tertiary/aromatic N) is 4. The summed E-state index contributed by atoms with van der Waals surface area (Å²) >= 11 is 0. The van der Waals surface area contributed by atoms with Crippen molar-refractivity contribution in [2.45, 2.75) is 25.0 Å². The van der Waals surface area contributed by atoms with Crippen molar-refractivity contribution in [1.29, 1.82) is 0 Å². The normalized spacial score (nSPS) is 21.9. The summed E-state index contributed by atoms with van der Waals surface area (Å²) in [7, 11) is 0. The van der Waals surface area contributed by atoms with E-state index in [-0.39, 0.29) is 11.6 Å². The summed E-state index contributed by atoms with van der Waals surface area (Å²) < 4.78 is 33.6. The van der Waals surface area contributed by atoms with Gasteiger partial charge < -0.3 is 15.2 Å². The van der Waals surface area contributed by atoms with Crippen molar-refractivity contribution in [1.82, 2.24) is 19.7 Å². The highest BCUT2D eigenvalue weighted by molar-refractivity contribution is 5.57. The molecule has 0 saturated carbocycles. The molecule has 0 spiro atoms. The second kappa shape index (κ2) is 7.67. The van der Waals surface area contributed by atoms with Crippen LogP contribution >= 0.6 is 0 Å². The van der Waals surface area contributed by atoms with Gasteiger partial charge in [0.05, 0.1) is 24.9 Å². The highest BCUT2D eigenvalue weighted by Gasteiger charge is 2.42. The molecule has 0 radical (unpaired) electrons. The molecule has 162 valence electrons. The third-order valence-electron chi connectivity index (χ3n) is 5.89. The zero-order valence-electron chi connectivity index (χ0n) is 17.1. The largest absolute Gasteiger partial charge is 0.384 e. The monoisotopic (exact) mass is 427 g/mol. The molecule has 2 fully saturated rings. The molecule has 1 aromatic heterocycles. The Hall–Kier alpha value is -2.88. The van der Waals surface area contributed by atoms with E-state index in [0.29, 0.717) is 19.0 Å². The van der Waals surface area contributed by atoms with E-state index < -0.39 is 17.2 Å². The Balaban J connectivity index is 1.36. The Labute approximate surface area is 178 Å². The first-order valence-corrected chi connectivity index (χ1v) is 10.2. The first-order valence-electron chi connectivity index (χ1n) is 10.2. The molecular formula is C22H23F2N5O2. The number of aliphatic hydroxyl groups is 1. The van der Waals surface area contributed by atoms with E-state index in [1.54, 1.807) is 0 Å². The molecule has 0 bridgehead atoms. The van der Waals surface area contributed by atoms with Crippen molar-refractivity contribution in [3.63, 3.8) is 0 Å². The van der Waals surface area contributed by atoms with Crippen LogP contribution < -0.4 is 5.32 Å². The van der Waals surface area contributed by atoms with Gasteiger partial charge in [-0.05, 0) is 48.7 Å². The smallest absolute Gasteiger partial charge is 0.246 e. The quantitative estimate of drug-likeness (QED) is 0.652. The summed E-state index contributed by atoms with van der Waals surface area (Å²) in [5.41, 5.74) is 1.87. The van der Waals surface area contributed by atoms with Gasteiger partial charge in [0.2, 0.25) is 5.95 Å². The Morgan fingerprint density at radius 3 is 2.61 bits per heavy atom. The van der Waals surface area contributed by atoms with Gasteiger partial charge in [0.1, 0.15) is 23.6 Å². The minimum absolute atomic E-state index is 0.239. The van der Waals surface area contributed by atoms with Crippen LogP contribution in [0.1, 0.15) is 17.5 Å². The molecule has 5 rings (SSSR count). The van der Waals surface area contributed by atoms with Crippen LogP contribution in [0.4, 0.5) is 20.4 Å². The lowest BCUT2D eigenvalue weighted by molar-refractivity contribution is -0.0665. The van der Waals surface area contributed by atoms with Crippen LogP contribution in [0.5, 0.6) is 0 Å². The van der Waals surface area contributed by atoms with E-state index >= 15 is 0 Å². The summed E-state index contributed by atoms with van der Waals surface area (Å²) in [6.07, 6.45) is 2.04. The lowest BCUT2D eigenvalue weighted by atomic mass is 9.91. The molecule has 2 saturated heterocycles. The summed E-state index contributed by atoms with van der Waals surface area (Å²) in [6.45, 7) is 4.81. The third-order valence-corrected chi connectivity index (χ3v) is 5.89. The van der Waals surface area contributed by atoms with Crippen molar-refractivity contribution in [3.05, 3.63) is 65.5 Å². The number of likely N-dealkylation sites (tertiary alicyclic amines) is 1. The predicted molar refractivity (Wildman–Crippen MR) is 110 cm³/mol. The van der Waals surface area contributed by atoms with Crippen molar-refractivity contribution in [3.8, 4) is 5.69 Å². The summed E-state index contributed by atoms with van der Waals surface area (Å²) in [5, 5.41) is 18.7. The Kier molecular flexibility index (Phi) is 4.96. The number of hydrogen-bond donors (Lipinski definition) is 2. The van der Waals surface area contributed by atoms with E-state index in [0.717, 1.165) is 42.6 Å². The van der Waals surface area contributed by atoms with Crippen LogP contribution in [-0.2, 0) is 10.3 Å². The number of anilines is 2. The highest BCUT2D eigenvalue weighted by Crippen LogP contribution is 2.36. The van der Waals surface area contributed by atoms with Crippen LogP contribution in [0.15, 0.2) is 42.7 Å². The molecule has 31 heavy (non-hydrogen) atoms. The Morgan fingerprint density at radius 1 is 1.13 bits per heavy atom. The van der Waals surface area contributed by atoms with E-state index in [1.165, 1.54) is 23.1 Å². The van der Waals surface area contributed by atoms with E-state index in [4.69, 9.17) is 4.74 Å². The molecule has 2 aliphatic heterocycles. The molecule has 7 nitrogen and oxygen atoms in total. The lowest BCUT2D eigenvalue weighted by Crippen LogP contribution is -2.49. The molecule has 3 aromatic rings. The average Bonchev–Trinajstić information content (AvgIpc) is 3.27. The van der Waals surface area contributed by atoms with Gasteiger partial charge in [-0.2, -0.15) is 4.98 Å². The van der Waals surface area contributed by atoms with Crippen molar-refractivity contribution in [2.75, 3.05) is 31.6 Å². The van der Waals surface area contributed by atoms with Gasteiger partial charge in [0, 0.05) is 24.8 Å². The predicted octanol–water partition coefficient (Wildman–Crippen LogP) is 2.89.